The van der Waals surface area contributed by atoms with E-state index in [1.54, 1.807) is 5.41 Å². The second kappa shape index (κ2) is 2.45. The molecule has 1 aliphatic rings. The molecule has 0 aliphatic carbocycles. The fourth-order valence-corrected chi connectivity index (χ4v) is 2.15. The van der Waals surface area contributed by atoms with Crippen LogP contribution in [-0.2, 0) is 15.3 Å². The van der Waals surface area contributed by atoms with Gasteiger partial charge in [0.2, 0.25) is 0 Å². The van der Waals surface area contributed by atoms with Gasteiger partial charge in [0, 0.05) is 8.99 Å². The fourth-order valence-electron chi connectivity index (χ4n) is 0.404. The second-order valence-corrected chi connectivity index (χ2v) is 3.70. The van der Waals surface area contributed by atoms with Crippen molar-refractivity contribution < 1.29 is 8.39 Å². The third-order valence-corrected chi connectivity index (χ3v) is 3.37. The molecule has 1 rings (SSSR count). The molecule has 2 atom stereocenters. The molecule has 0 saturated carbocycles. The van der Waals surface area contributed by atoms with E-state index >= 15 is 0 Å². The van der Waals surface area contributed by atoms with E-state index in [0.29, 0.717) is 0 Å². The second-order valence-electron chi connectivity index (χ2n) is 1.50. The van der Waals surface area contributed by atoms with E-state index in [-0.39, 0.29) is 6.10 Å². The maximum absolute atomic E-state index is 10.5. The molecular weight excluding hydrogens is 239 g/mol. The van der Waals surface area contributed by atoms with Crippen molar-refractivity contribution in [1.29, 1.82) is 0 Å². The Morgan fingerprint density at radius 2 is 2.62 bits per heavy atom. The minimum absolute atomic E-state index is 0.0384. The van der Waals surface area contributed by atoms with Crippen LogP contribution in [0.25, 0.3) is 0 Å². The maximum Gasteiger partial charge on any atom is 0.183 e. The summed E-state index contributed by atoms with van der Waals surface area (Å²) >= 11 is 0.964. The van der Waals surface area contributed by atoms with Crippen molar-refractivity contribution in [1.82, 2.24) is 0 Å². The van der Waals surface area contributed by atoms with Crippen LogP contribution in [0.2, 0.25) is 0 Å². The van der Waals surface area contributed by atoms with Crippen LogP contribution in [0.1, 0.15) is 6.92 Å². The molecule has 46 valence electrons. The van der Waals surface area contributed by atoms with Crippen LogP contribution in [0.4, 0.5) is 0 Å². The molecular formula is C4H5IO2S. The lowest BCUT2D eigenvalue weighted by Crippen LogP contribution is -1.99. The Morgan fingerprint density at radius 1 is 2.00 bits per heavy atom. The molecule has 0 aromatic carbocycles. The largest absolute Gasteiger partial charge is 0.279 e. The van der Waals surface area contributed by atoms with Gasteiger partial charge in [-0.3, -0.25) is 4.18 Å². The van der Waals surface area contributed by atoms with E-state index < -0.39 is 11.1 Å². The van der Waals surface area contributed by atoms with E-state index in [9.17, 15) is 4.21 Å². The third-order valence-electron chi connectivity index (χ3n) is 0.836. The third kappa shape index (κ3) is 1.29. The molecule has 0 spiro atoms. The highest BCUT2D eigenvalue weighted by atomic mass is 127. The van der Waals surface area contributed by atoms with Gasteiger partial charge in [-0.1, -0.05) is 0 Å². The highest BCUT2D eigenvalue weighted by Crippen LogP contribution is 2.22. The topological polar surface area (TPSA) is 26.3 Å². The van der Waals surface area contributed by atoms with Crippen LogP contribution in [0.3, 0.4) is 0 Å². The highest BCUT2D eigenvalue weighted by Gasteiger charge is 2.17. The maximum atomic E-state index is 10.5. The molecule has 0 N–H and O–H groups in total. The van der Waals surface area contributed by atoms with Crippen molar-refractivity contribution in [3.8, 4) is 0 Å². The van der Waals surface area contributed by atoms with Crippen LogP contribution >= 0.6 is 22.6 Å². The molecule has 0 saturated heterocycles. The summed E-state index contributed by atoms with van der Waals surface area (Å²) in [6.45, 7) is 1.88. The zero-order valence-corrected chi connectivity index (χ0v) is 7.23. The molecule has 4 heteroatoms. The van der Waals surface area contributed by atoms with Crippen molar-refractivity contribution in [3.63, 3.8) is 0 Å². The zero-order chi connectivity index (χ0) is 6.15. The smallest absolute Gasteiger partial charge is 0.183 e. The van der Waals surface area contributed by atoms with Crippen LogP contribution in [-0.4, -0.2) is 10.3 Å². The van der Waals surface area contributed by atoms with Gasteiger partial charge >= 0.3 is 0 Å². The molecule has 8 heavy (non-hydrogen) atoms. The van der Waals surface area contributed by atoms with Gasteiger partial charge in [0.1, 0.15) is 6.10 Å². The van der Waals surface area contributed by atoms with Gasteiger partial charge in [0.15, 0.2) is 11.1 Å². The van der Waals surface area contributed by atoms with Crippen LogP contribution < -0.4 is 0 Å². The number of hydrogen-bond donors (Lipinski definition) is 0. The van der Waals surface area contributed by atoms with E-state index in [1.165, 1.54) is 0 Å². The summed E-state index contributed by atoms with van der Waals surface area (Å²) in [6, 6.07) is 0. The monoisotopic (exact) mass is 244 g/mol. The predicted octanol–water partition coefficient (Wildman–Crippen LogP) is 1.35. The normalized spacial score (nSPS) is 37.5. The van der Waals surface area contributed by atoms with E-state index in [1.807, 2.05) is 6.92 Å². The van der Waals surface area contributed by atoms with Crippen molar-refractivity contribution in [2.75, 3.05) is 0 Å². The molecule has 1 aliphatic heterocycles. The Kier molecular flexibility index (Phi) is 2.05. The van der Waals surface area contributed by atoms with Gasteiger partial charge in [-0.2, -0.15) is 0 Å². The first-order valence-electron chi connectivity index (χ1n) is 2.15. The van der Waals surface area contributed by atoms with Gasteiger partial charge in [-0.05, 0) is 29.5 Å². The summed E-state index contributed by atoms with van der Waals surface area (Å²) in [6.07, 6.45) is 0.0384. The first-order chi connectivity index (χ1) is 3.70. The average Bonchev–Trinajstić information content (AvgIpc) is 1.85. The van der Waals surface area contributed by atoms with Crippen molar-refractivity contribution >= 4 is 33.7 Å². The highest BCUT2D eigenvalue weighted by molar-refractivity contribution is 14.1. The summed E-state index contributed by atoms with van der Waals surface area (Å²) in [5.41, 5.74) is 0. The fraction of sp³-hybridized carbons (Fsp3) is 0.500. The predicted molar refractivity (Wildman–Crippen MR) is 40.8 cm³/mol. The molecule has 1 heterocycles. The lowest BCUT2D eigenvalue weighted by Gasteiger charge is -1.96. The molecule has 0 aromatic heterocycles. The minimum atomic E-state index is -1.15. The minimum Gasteiger partial charge on any atom is -0.279 e. The molecule has 0 radical (unpaired) electrons. The molecule has 2 nitrogen and oxygen atoms in total. The van der Waals surface area contributed by atoms with E-state index in [0.717, 1.165) is 3.58 Å². The molecule has 0 fully saturated rings. The number of rotatable bonds is 0. The SMILES string of the molecule is CC1OS(=O)C=C1I. The molecule has 0 amide bonds. The van der Waals surface area contributed by atoms with Crippen molar-refractivity contribution in [2.45, 2.75) is 13.0 Å². The Hall–Kier alpha value is 0.580. The average molecular weight is 244 g/mol. The van der Waals surface area contributed by atoms with Gasteiger partial charge in [0.05, 0.1) is 0 Å². The quantitative estimate of drug-likeness (QED) is 0.601. The zero-order valence-electron chi connectivity index (χ0n) is 4.26. The van der Waals surface area contributed by atoms with Gasteiger partial charge in [-0.15, -0.1) is 0 Å². The van der Waals surface area contributed by atoms with E-state index in [2.05, 4.69) is 22.6 Å². The molecule has 2 unspecified atom stereocenters. The summed E-state index contributed by atoms with van der Waals surface area (Å²) in [7, 11) is 0. The van der Waals surface area contributed by atoms with E-state index in [4.69, 9.17) is 4.18 Å². The van der Waals surface area contributed by atoms with Gasteiger partial charge < -0.3 is 0 Å². The van der Waals surface area contributed by atoms with Gasteiger partial charge in [0.25, 0.3) is 0 Å². The summed E-state index contributed by atoms with van der Waals surface area (Å²) < 4.78 is 16.3. The van der Waals surface area contributed by atoms with Crippen molar-refractivity contribution in [3.05, 3.63) is 8.99 Å². The standard InChI is InChI=1S/C4H5IO2S/c1-3-4(5)2-8(6)7-3/h2-3H,1H3. The lowest BCUT2D eigenvalue weighted by atomic mass is 10.4. The van der Waals surface area contributed by atoms with Crippen LogP contribution in [0.15, 0.2) is 8.99 Å². The molecule has 0 aromatic rings. The first kappa shape index (κ1) is 6.70. The summed E-state index contributed by atoms with van der Waals surface area (Å²) in [5.74, 6) is 0. The molecule has 0 bridgehead atoms. The summed E-state index contributed by atoms with van der Waals surface area (Å²) in [5, 5.41) is 1.62. The van der Waals surface area contributed by atoms with Crippen LogP contribution in [0.5, 0.6) is 0 Å². The Balaban J connectivity index is 2.73. The van der Waals surface area contributed by atoms with Crippen LogP contribution in [0, 0.1) is 0 Å². The Labute approximate surface area is 64.1 Å². The Bertz CT molecular complexity index is 154. The number of halogens is 1. The lowest BCUT2D eigenvalue weighted by molar-refractivity contribution is 0.311. The first-order valence-corrected chi connectivity index (χ1v) is 4.37. The summed E-state index contributed by atoms with van der Waals surface area (Å²) in [4.78, 5) is 0. The Morgan fingerprint density at radius 3 is 2.75 bits per heavy atom. The number of hydrogen-bond acceptors (Lipinski definition) is 2. The van der Waals surface area contributed by atoms with Gasteiger partial charge in [-0.25, -0.2) is 4.21 Å². The van der Waals surface area contributed by atoms with Crippen molar-refractivity contribution in [2.24, 2.45) is 0 Å².